The van der Waals surface area contributed by atoms with Crippen LogP contribution < -0.4 is 16.6 Å². The molecule has 0 aliphatic carbocycles. The van der Waals surface area contributed by atoms with Crippen LogP contribution in [0.25, 0.3) is 10.9 Å². The highest BCUT2D eigenvalue weighted by Gasteiger charge is 2.39. The van der Waals surface area contributed by atoms with E-state index in [9.17, 15) is 35.9 Å². The first kappa shape index (κ1) is 34.8. The van der Waals surface area contributed by atoms with E-state index in [1.807, 2.05) is 17.0 Å². The molecule has 11 nitrogen and oxygen atoms in total. The molecule has 1 fully saturated rings. The Balaban J connectivity index is 0.000000384. The number of benzene rings is 2. The SMILES string of the molecule is NC(C(=O)N1CCC(Nc2cccc3c(=O)[nH]cnc23)CC1)c1ccc(Cl)cc1.O=C(O)C(F)(F)F.O=C(O)C(F)(F)F. The lowest BCUT2D eigenvalue weighted by molar-refractivity contribution is -0.193. The molecule has 1 unspecified atom stereocenters. The van der Waals surface area contributed by atoms with Crippen LogP contribution in [-0.2, 0) is 14.4 Å². The highest BCUT2D eigenvalue weighted by molar-refractivity contribution is 6.30. The van der Waals surface area contributed by atoms with Crippen molar-refractivity contribution < 1.29 is 50.9 Å². The maximum atomic E-state index is 12.8. The van der Waals surface area contributed by atoms with Crippen molar-refractivity contribution >= 4 is 46.0 Å². The number of fused-ring (bicyclic) bond motifs is 1. The molecule has 43 heavy (non-hydrogen) atoms. The molecule has 6 N–H and O–H groups in total. The number of halogens is 7. The van der Waals surface area contributed by atoms with Crippen molar-refractivity contribution in [1.82, 2.24) is 14.9 Å². The fourth-order valence-corrected chi connectivity index (χ4v) is 3.82. The van der Waals surface area contributed by atoms with Gasteiger partial charge in [-0.05, 0) is 42.7 Å². The third kappa shape index (κ3) is 10.4. The van der Waals surface area contributed by atoms with E-state index >= 15 is 0 Å². The molecule has 2 heterocycles. The van der Waals surface area contributed by atoms with Crippen molar-refractivity contribution in [2.75, 3.05) is 18.4 Å². The van der Waals surface area contributed by atoms with Crippen molar-refractivity contribution in [3.05, 3.63) is 69.7 Å². The Labute approximate surface area is 243 Å². The number of likely N-dealkylation sites (tertiary alicyclic amines) is 1. The van der Waals surface area contributed by atoms with Crippen LogP contribution in [0, 0.1) is 0 Å². The quantitative estimate of drug-likeness (QED) is 0.264. The fraction of sp³-hybridized carbons (Fsp3) is 0.320. The number of rotatable bonds is 4. The average Bonchev–Trinajstić information content (AvgIpc) is 2.93. The number of hydrogen-bond donors (Lipinski definition) is 5. The summed E-state index contributed by atoms with van der Waals surface area (Å²) in [7, 11) is 0. The van der Waals surface area contributed by atoms with Crippen LogP contribution in [0.15, 0.2) is 53.6 Å². The number of nitrogens with zero attached hydrogens (tertiary/aromatic N) is 2. The maximum absolute atomic E-state index is 12.8. The number of carbonyl (C=O) groups excluding carboxylic acids is 1. The molecular formula is C25H24ClF6N5O6. The smallest absolute Gasteiger partial charge is 0.475 e. The first-order chi connectivity index (χ1) is 19.9. The Morgan fingerprint density at radius 3 is 1.98 bits per heavy atom. The number of anilines is 1. The number of aromatic amines is 1. The summed E-state index contributed by atoms with van der Waals surface area (Å²) in [6.45, 7) is 1.24. The molecule has 1 saturated heterocycles. The lowest BCUT2D eigenvalue weighted by atomic mass is 10.0. The van der Waals surface area contributed by atoms with E-state index in [2.05, 4.69) is 15.3 Å². The van der Waals surface area contributed by atoms with Crippen molar-refractivity contribution in [1.29, 1.82) is 0 Å². The Bertz CT molecular complexity index is 1450. The molecule has 234 valence electrons. The zero-order chi connectivity index (χ0) is 32.5. The van der Waals surface area contributed by atoms with Crippen LogP contribution in [0.3, 0.4) is 0 Å². The van der Waals surface area contributed by atoms with E-state index in [1.165, 1.54) is 6.33 Å². The molecule has 1 atom stereocenters. The van der Waals surface area contributed by atoms with Gasteiger partial charge >= 0.3 is 24.3 Å². The van der Waals surface area contributed by atoms with E-state index < -0.39 is 30.3 Å². The third-order valence-electron chi connectivity index (χ3n) is 5.82. The standard InChI is InChI=1S/C21H22ClN5O2.2C2HF3O2/c22-14-6-4-13(5-7-14)18(23)21(29)27-10-8-15(9-11-27)26-17-3-1-2-16-19(17)24-12-25-20(16)28;2*3-2(4,5)1(6)7/h1-7,12,15,18,26H,8-11,23H2,(H,24,25,28);2*(H,6,7). The number of nitrogens with one attached hydrogen (secondary N) is 2. The van der Waals surface area contributed by atoms with Gasteiger partial charge in [0.1, 0.15) is 11.6 Å². The van der Waals surface area contributed by atoms with Crippen LogP contribution in [0.1, 0.15) is 24.4 Å². The van der Waals surface area contributed by atoms with E-state index in [0.29, 0.717) is 29.0 Å². The van der Waals surface area contributed by atoms with Gasteiger partial charge in [-0.15, -0.1) is 0 Å². The molecule has 0 bridgehead atoms. The molecule has 1 amide bonds. The predicted molar refractivity (Wildman–Crippen MR) is 141 cm³/mol. The van der Waals surface area contributed by atoms with Crippen LogP contribution in [-0.4, -0.2) is 74.4 Å². The number of aliphatic carboxylic acids is 2. The van der Waals surface area contributed by atoms with Crippen LogP contribution in [0.5, 0.6) is 0 Å². The molecule has 4 rings (SSSR count). The molecule has 18 heteroatoms. The Hall–Kier alpha value is -4.38. The third-order valence-corrected chi connectivity index (χ3v) is 6.07. The summed E-state index contributed by atoms with van der Waals surface area (Å²) >= 11 is 5.91. The molecule has 1 aliphatic rings. The summed E-state index contributed by atoms with van der Waals surface area (Å²) in [5, 5.41) is 18.9. The molecule has 1 aliphatic heterocycles. The van der Waals surface area contributed by atoms with Gasteiger partial charge in [0.2, 0.25) is 5.91 Å². The second-order valence-electron chi connectivity index (χ2n) is 8.81. The summed E-state index contributed by atoms with van der Waals surface area (Å²) in [5.41, 5.74) is 8.24. The van der Waals surface area contributed by atoms with Crippen LogP contribution in [0.4, 0.5) is 32.0 Å². The number of para-hydroxylation sites is 1. The molecule has 0 saturated carbocycles. The van der Waals surface area contributed by atoms with Gasteiger partial charge < -0.3 is 31.1 Å². The molecule has 1 aromatic heterocycles. The minimum Gasteiger partial charge on any atom is -0.475 e. The number of carboxylic acid groups (broad SMARTS) is 2. The number of H-pyrrole nitrogens is 1. The Morgan fingerprint density at radius 2 is 1.49 bits per heavy atom. The first-order valence-corrected chi connectivity index (χ1v) is 12.4. The van der Waals surface area contributed by atoms with Gasteiger partial charge in [0, 0.05) is 24.2 Å². The van der Waals surface area contributed by atoms with Gasteiger partial charge in [-0.3, -0.25) is 9.59 Å². The second kappa shape index (κ2) is 14.7. The lowest BCUT2D eigenvalue weighted by Gasteiger charge is -2.34. The number of carboxylic acids is 2. The van der Waals surface area contributed by atoms with E-state index in [-0.39, 0.29) is 17.5 Å². The highest BCUT2D eigenvalue weighted by Crippen LogP contribution is 2.24. The van der Waals surface area contributed by atoms with Gasteiger partial charge in [0.15, 0.2) is 0 Å². The summed E-state index contributed by atoms with van der Waals surface area (Å²) < 4.78 is 63.5. The highest BCUT2D eigenvalue weighted by atomic mass is 35.5. The van der Waals surface area contributed by atoms with Crippen LogP contribution in [0.2, 0.25) is 5.02 Å². The first-order valence-electron chi connectivity index (χ1n) is 12.0. The average molecular weight is 640 g/mol. The van der Waals surface area contributed by atoms with E-state index in [1.54, 1.807) is 30.3 Å². The van der Waals surface area contributed by atoms with Gasteiger partial charge in [0.05, 0.1) is 17.4 Å². The van der Waals surface area contributed by atoms with Gasteiger partial charge in [-0.2, -0.15) is 26.3 Å². The number of nitrogens with two attached hydrogens (primary N) is 1. The van der Waals surface area contributed by atoms with Gasteiger partial charge in [-0.1, -0.05) is 29.8 Å². The second-order valence-corrected chi connectivity index (χ2v) is 9.25. The summed E-state index contributed by atoms with van der Waals surface area (Å²) in [4.78, 5) is 51.2. The normalized spacial score (nSPS) is 14.5. The zero-order valence-electron chi connectivity index (χ0n) is 21.7. The monoisotopic (exact) mass is 639 g/mol. The molecule has 2 aromatic carbocycles. The Morgan fingerprint density at radius 1 is 0.977 bits per heavy atom. The minimum absolute atomic E-state index is 0.0795. The van der Waals surface area contributed by atoms with Crippen molar-refractivity contribution in [3.63, 3.8) is 0 Å². The summed E-state index contributed by atoms with van der Waals surface area (Å²) in [5.74, 6) is -5.59. The lowest BCUT2D eigenvalue weighted by Crippen LogP contribution is -2.45. The number of aromatic nitrogens is 2. The van der Waals surface area contributed by atoms with E-state index in [0.717, 1.165) is 24.1 Å². The number of hydrogen-bond acceptors (Lipinski definition) is 7. The van der Waals surface area contributed by atoms with E-state index in [4.69, 9.17) is 37.1 Å². The largest absolute Gasteiger partial charge is 0.490 e. The number of carbonyl (C=O) groups is 3. The summed E-state index contributed by atoms with van der Waals surface area (Å²) in [6.07, 6.45) is -7.17. The number of alkyl halides is 6. The molecule has 0 radical (unpaired) electrons. The minimum atomic E-state index is -5.08. The number of piperidine rings is 1. The zero-order valence-corrected chi connectivity index (χ0v) is 22.5. The Kier molecular flexibility index (Phi) is 11.9. The van der Waals surface area contributed by atoms with Crippen molar-refractivity contribution in [2.24, 2.45) is 5.73 Å². The molecule has 3 aromatic rings. The number of amides is 1. The van der Waals surface area contributed by atoms with Crippen LogP contribution >= 0.6 is 11.6 Å². The predicted octanol–water partition coefficient (Wildman–Crippen LogP) is 3.95. The van der Waals surface area contributed by atoms with Gasteiger partial charge in [0.25, 0.3) is 5.56 Å². The summed E-state index contributed by atoms with van der Waals surface area (Å²) in [6, 6.07) is 12.1. The van der Waals surface area contributed by atoms with Gasteiger partial charge in [-0.25, -0.2) is 14.6 Å². The topological polar surface area (TPSA) is 179 Å². The fourth-order valence-electron chi connectivity index (χ4n) is 3.69. The van der Waals surface area contributed by atoms with Crippen molar-refractivity contribution in [2.45, 2.75) is 37.3 Å². The maximum Gasteiger partial charge on any atom is 0.490 e. The molecule has 0 spiro atoms. The van der Waals surface area contributed by atoms with Crippen molar-refractivity contribution in [3.8, 4) is 0 Å². The molecular weight excluding hydrogens is 616 g/mol.